The highest BCUT2D eigenvalue weighted by atomic mass is 16.4. The van der Waals surface area contributed by atoms with Crippen LogP contribution in [0.25, 0.3) is 0 Å². The van der Waals surface area contributed by atoms with Gasteiger partial charge in [0.25, 0.3) is 0 Å². The topological polar surface area (TPSA) is 40.5 Å². The van der Waals surface area contributed by atoms with Gasteiger partial charge in [-0.3, -0.25) is 9.69 Å². The van der Waals surface area contributed by atoms with E-state index < -0.39 is 5.97 Å². The second-order valence-corrected chi connectivity index (χ2v) is 5.77. The summed E-state index contributed by atoms with van der Waals surface area (Å²) in [4.78, 5) is 13.4. The van der Waals surface area contributed by atoms with Gasteiger partial charge < -0.3 is 5.11 Å². The Morgan fingerprint density at radius 3 is 1.56 bits per heavy atom. The lowest BCUT2D eigenvalue weighted by atomic mass is 9.99. The standard InChI is InChI=1S/C13H27NO2/c1-9(2)7-14(8-10(3)4)12(11(5)6)13(15)16/h9-12H,7-8H2,1-6H3,(H,15,16). The Bertz CT molecular complexity index is 202. The maximum atomic E-state index is 11.3. The van der Waals surface area contributed by atoms with Crippen LogP contribution in [0.15, 0.2) is 0 Å². The fraction of sp³-hybridized carbons (Fsp3) is 0.923. The fourth-order valence-corrected chi connectivity index (χ4v) is 2.10. The molecule has 0 aliphatic rings. The van der Waals surface area contributed by atoms with E-state index in [-0.39, 0.29) is 12.0 Å². The Kier molecular flexibility index (Phi) is 6.65. The first-order valence-corrected chi connectivity index (χ1v) is 6.22. The summed E-state index contributed by atoms with van der Waals surface area (Å²) in [5, 5.41) is 9.30. The van der Waals surface area contributed by atoms with E-state index in [1.165, 1.54) is 0 Å². The number of aliphatic carboxylic acids is 1. The van der Waals surface area contributed by atoms with Crippen molar-refractivity contribution in [2.24, 2.45) is 17.8 Å². The van der Waals surface area contributed by atoms with Gasteiger partial charge in [-0.25, -0.2) is 0 Å². The zero-order chi connectivity index (χ0) is 12.9. The van der Waals surface area contributed by atoms with E-state index in [0.717, 1.165) is 13.1 Å². The van der Waals surface area contributed by atoms with E-state index in [2.05, 4.69) is 32.6 Å². The van der Waals surface area contributed by atoms with Crippen molar-refractivity contribution in [2.45, 2.75) is 47.6 Å². The zero-order valence-corrected chi connectivity index (χ0v) is 11.5. The van der Waals surface area contributed by atoms with Crippen LogP contribution >= 0.6 is 0 Å². The molecule has 16 heavy (non-hydrogen) atoms. The molecular formula is C13H27NO2. The third kappa shape index (κ3) is 5.50. The van der Waals surface area contributed by atoms with Crippen molar-refractivity contribution in [3.05, 3.63) is 0 Å². The van der Waals surface area contributed by atoms with Crippen molar-refractivity contribution < 1.29 is 9.90 Å². The van der Waals surface area contributed by atoms with Crippen molar-refractivity contribution in [1.82, 2.24) is 4.90 Å². The molecule has 1 unspecified atom stereocenters. The zero-order valence-electron chi connectivity index (χ0n) is 11.5. The maximum Gasteiger partial charge on any atom is 0.321 e. The normalized spacial score (nSPS) is 14.1. The highest BCUT2D eigenvalue weighted by molar-refractivity contribution is 5.73. The van der Waals surface area contributed by atoms with E-state index in [0.29, 0.717) is 11.8 Å². The molecule has 0 aliphatic carbocycles. The molecule has 0 bridgehead atoms. The first-order chi connectivity index (χ1) is 7.25. The van der Waals surface area contributed by atoms with Gasteiger partial charge in [-0.2, -0.15) is 0 Å². The molecule has 0 rings (SSSR count). The third-order valence-corrected chi connectivity index (χ3v) is 2.48. The Balaban J connectivity index is 4.73. The molecule has 1 atom stereocenters. The summed E-state index contributed by atoms with van der Waals surface area (Å²) in [6.07, 6.45) is 0. The van der Waals surface area contributed by atoms with E-state index in [9.17, 15) is 9.90 Å². The van der Waals surface area contributed by atoms with Crippen molar-refractivity contribution in [3.63, 3.8) is 0 Å². The number of carboxylic acids is 1. The average Bonchev–Trinajstić information content (AvgIpc) is 1.98. The number of rotatable bonds is 7. The SMILES string of the molecule is CC(C)CN(CC(C)C)C(C(=O)O)C(C)C. The van der Waals surface area contributed by atoms with Crippen LogP contribution in [0, 0.1) is 17.8 Å². The molecule has 3 nitrogen and oxygen atoms in total. The summed E-state index contributed by atoms with van der Waals surface area (Å²) in [6.45, 7) is 14.2. The van der Waals surface area contributed by atoms with E-state index in [1.54, 1.807) is 0 Å². The predicted molar refractivity (Wildman–Crippen MR) is 67.5 cm³/mol. The molecule has 0 aliphatic heterocycles. The first-order valence-electron chi connectivity index (χ1n) is 6.22. The minimum atomic E-state index is -0.698. The summed E-state index contributed by atoms with van der Waals surface area (Å²) in [6, 6.07) is -0.357. The van der Waals surface area contributed by atoms with Crippen LogP contribution in [0.1, 0.15) is 41.5 Å². The van der Waals surface area contributed by atoms with Gasteiger partial charge in [0.05, 0.1) is 0 Å². The molecule has 3 heteroatoms. The summed E-state index contributed by atoms with van der Waals surface area (Å²) < 4.78 is 0. The number of hydrogen-bond acceptors (Lipinski definition) is 2. The van der Waals surface area contributed by atoms with Crippen molar-refractivity contribution in [3.8, 4) is 0 Å². The Morgan fingerprint density at radius 1 is 1.00 bits per heavy atom. The maximum absolute atomic E-state index is 11.3. The van der Waals surface area contributed by atoms with Gasteiger partial charge in [0.2, 0.25) is 0 Å². The monoisotopic (exact) mass is 229 g/mol. The van der Waals surface area contributed by atoms with E-state index >= 15 is 0 Å². The van der Waals surface area contributed by atoms with Gasteiger partial charge in [-0.05, 0) is 17.8 Å². The second-order valence-electron chi connectivity index (χ2n) is 5.77. The minimum Gasteiger partial charge on any atom is -0.480 e. The molecule has 1 N–H and O–H groups in total. The molecule has 0 fully saturated rings. The van der Waals surface area contributed by atoms with Crippen molar-refractivity contribution >= 4 is 5.97 Å². The van der Waals surface area contributed by atoms with Crippen LogP contribution in [0.4, 0.5) is 0 Å². The molecule has 0 radical (unpaired) electrons. The second kappa shape index (κ2) is 6.89. The molecule has 0 spiro atoms. The van der Waals surface area contributed by atoms with Gasteiger partial charge in [-0.15, -0.1) is 0 Å². The van der Waals surface area contributed by atoms with Crippen molar-refractivity contribution in [2.75, 3.05) is 13.1 Å². The summed E-state index contributed by atoms with van der Waals surface area (Å²) in [5.41, 5.74) is 0. The number of carboxylic acid groups (broad SMARTS) is 1. The first kappa shape index (κ1) is 15.4. The molecule has 0 aromatic rings. The summed E-state index contributed by atoms with van der Waals surface area (Å²) in [5.74, 6) is 0.449. The van der Waals surface area contributed by atoms with Crippen LogP contribution < -0.4 is 0 Å². The summed E-state index contributed by atoms with van der Waals surface area (Å²) >= 11 is 0. The van der Waals surface area contributed by atoms with Gasteiger partial charge in [-0.1, -0.05) is 41.5 Å². The van der Waals surface area contributed by atoms with Crippen LogP contribution in [-0.2, 0) is 4.79 Å². The van der Waals surface area contributed by atoms with Crippen LogP contribution in [0.2, 0.25) is 0 Å². The van der Waals surface area contributed by atoms with Gasteiger partial charge in [0.1, 0.15) is 6.04 Å². The summed E-state index contributed by atoms with van der Waals surface area (Å²) in [7, 11) is 0. The highest BCUT2D eigenvalue weighted by Gasteiger charge is 2.29. The minimum absolute atomic E-state index is 0.148. The largest absolute Gasteiger partial charge is 0.480 e. The molecule has 0 saturated carbocycles. The van der Waals surface area contributed by atoms with E-state index in [4.69, 9.17) is 0 Å². The van der Waals surface area contributed by atoms with Crippen LogP contribution in [0.5, 0.6) is 0 Å². The fourth-order valence-electron chi connectivity index (χ4n) is 2.10. The predicted octanol–water partition coefficient (Wildman–Crippen LogP) is 2.71. The average molecular weight is 229 g/mol. The smallest absolute Gasteiger partial charge is 0.321 e. The molecule has 0 aromatic carbocycles. The quantitative estimate of drug-likeness (QED) is 0.729. The molecule has 0 aromatic heterocycles. The van der Waals surface area contributed by atoms with Crippen LogP contribution in [-0.4, -0.2) is 35.1 Å². The molecule has 0 saturated heterocycles. The van der Waals surface area contributed by atoms with Gasteiger partial charge in [0.15, 0.2) is 0 Å². The van der Waals surface area contributed by atoms with Crippen molar-refractivity contribution in [1.29, 1.82) is 0 Å². The number of nitrogens with zero attached hydrogens (tertiary/aromatic N) is 1. The molecule has 0 amide bonds. The Labute approximate surface area is 99.8 Å². The number of carbonyl (C=O) groups is 1. The van der Waals surface area contributed by atoms with E-state index in [1.807, 2.05) is 13.8 Å². The molecule has 96 valence electrons. The Hall–Kier alpha value is -0.570. The molecule has 0 heterocycles. The lowest BCUT2D eigenvalue weighted by Crippen LogP contribution is -2.47. The third-order valence-electron chi connectivity index (χ3n) is 2.48. The number of hydrogen-bond donors (Lipinski definition) is 1. The van der Waals surface area contributed by atoms with Crippen LogP contribution in [0.3, 0.4) is 0 Å². The van der Waals surface area contributed by atoms with Gasteiger partial charge in [0, 0.05) is 13.1 Å². The lowest BCUT2D eigenvalue weighted by molar-refractivity contribution is -0.145. The van der Waals surface area contributed by atoms with Gasteiger partial charge >= 0.3 is 5.97 Å². The highest BCUT2D eigenvalue weighted by Crippen LogP contribution is 2.15. The lowest BCUT2D eigenvalue weighted by Gasteiger charge is -2.33. The molecular weight excluding hydrogens is 202 g/mol. The Morgan fingerprint density at radius 2 is 1.38 bits per heavy atom.